The van der Waals surface area contributed by atoms with Crippen molar-refractivity contribution in [2.24, 2.45) is 0 Å². The van der Waals surface area contributed by atoms with Gasteiger partial charge in [-0.3, -0.25) is 5.10 Å². The van der Waals surface area contributed by atoms with Crippen LogP contribution >= 0.6 is 0 Å². The van der Waals surface area contributed by atoms with E-state index in [4.69, 9.17) is 0 Å². The zero-order chi connectivity index (χ0) is 15.8. The van der Waals surface area contributed by atoms with E-state index in [0.717, 1.165) is 23.0 Å². The van der Waals surface area contributed by atoms with Crippen molar-refractivity contribution in [3.05, 3.63) is 59.4 Å². The number of halogens is 1. The van der Waals surface area contributed by atoms with Gasteiger partial charge < -0.3 is 5.32 Å². The monoisotopic (exact) mass is 309 g/mol. The molecule has 0 aliphatic carbocycles. The highest BCUT2D eigenvalue weighted by atomic mass is 19.1. The van der Waals surface area contributed by atoms with Crippen LogP contribution in [-0.2, 0) is 6.42 Å². The largest absolute Gasteiger partial charge is 0.354 e. The second-order valence-electron chi connectivity index (χ2n) is 5.61. The molecule has 0 unspecified atom stereocenters. The third-order valence-electron chi connectivity index (χ3n) is 3.84. The van der Waals surface area contributed by atoms with Crippen LogP contribution in [0.15, 0.2) is 42.5 Å². The van der Waals surface area contributed by atoms with Crippen LogP contribution in [-0.4, -0.2) is 26.1 Å². The number of rotatable bonds is 4. The van der Waals surface area contributed by atoms with Gasteiger partial charge >= 0.3 is 0 Å². The van der Waals surface area contributed by atoms with Crippen molar-refractivity contribution in [1.82, 2.24) is 19.6 Å². The Balaban J connectivity index is 1.50. The second kappa shape index (κ2) is 5.39. The molecule has 0 saturated carbocycles. The molecule has 5 nitrogen and oxygen atoms in total. The third kappa shape index (κ3) is 2.63. The summed E-state index contributed by atoms with van der Waals surface area (Å²) in [6.07, 6.45) is 0.795. The normalized spacial score (nSPS) is 11.4. The van der Waals surface area contributed by atoms with Crippen molar-refractivity contribution in [2.75, 3.05) is 11.9 Å². The number of aromatic amines is 1. The van der Waals surface area contributed by atoms with E-state index in [1.807, 2.05) is 23.6 Å². The average molecular weight is 309 g/mol. The molecular weight excluding hydrogens is 293 g/mol. The Bertz CT molecular complexity index is 968. The zero-order valence-corrected chi connectivity index (χ0v) is 12.7. The first-order valence-electron chi connectivity index (χ1n) is 7.52. The standard InChI is InChI=1S/C17H16FN5/c1-11-2-7-15-14(10-11)20-17-21-16(22-23(15)17)19-9-8-12-3-5-13(18)6-4-12/h2-7,10H,8-9H2,1H3,(H2,19,20,21,22). The molecule has 23 heavy (non-hydrogen) atoms. The molecule has 116 valence electrons. The maximum atomic E-state index is 12.9. The summed E-state index contributed by atoms with van der Waals surface area (Å²) in [4.78, 5) is 8.96. The molecular formula is C17H16FN5. The van der Waals surface area contributed by atoms with Gasteiger partial charge in [-0.2, -0.15) is 4.98 Å². The number of H-pyrrole nitrogens is 1. The first-order chi connectivity index (χ1) is 11.2. The molecule has 0 bridgehead atoms. The van der Waals surface area contributed by atoms with Crippen LogP contribution < -0.4 is 5.32 Å². The fraction of sp³-hybridized carbons (Fsp3) is 0.176. The predicted octanol–water partition coefficient (Wildman–Crippen LogP) is 3.31. The number of hydrogen-bond acceptors (Lipinski definition) is 3. The first-order valence-corrected chi connectivity index (χ1v) is 7.52. The molecule has 6 heteroatoms. The van der Waals surface area contributed by atoms with Crippen LogP contribution in [0.2, 0.25) is 0 Å². The smallest absolute Gasteiger partial charge is 0.253 e. The van der Waals surface area contributed by atoms with Crippen LogP contribution in [0.1, 0.15) is 11.1 Å². The molecule has 0 atom stereocenters. The number of fused-ring (bicyclic) bond motifs is 3. The minimum Gasteiger partial charge on any atom is -0.354 e. The van der Waals surface area contributed by atoms with Crippen molar-refractivity contribution in [1.29, 1.82) is 0 Å². The molecule has 2 aromatic heterocycles. The highest BCUT2D eigenvalue weighted by Crippen LogP contribution is 2.17. The average Bonchev–Trinajstić information content (AvgIpc) is 3.06. The van der Waals surface area contributed by atoms with Gasteiger partial charge in [-0.25, -0.2) is 13.9 Å². The minimum absolute atomic E-state index is 0.212. The number of aromatic nitrogens is 4. The van der Waals surface area contributed by atoms with Gasteiger partial charge in [0.15, 0.2) is 0 Å². The Morgan fingerprint density at radius 3 is 2.78 bits per heavy atom. The quantitative estimate of drug-likeness (QED) is 0.608. The van der Waals surface area contributed by atoms with Crippen molar-refractivity contribution in [2.45, 2.75) is 13.3 Å². The summed E-state index contributed by atoms with van der Waals surface area (Å²) in [7, 11) is 0. The van der Waals surface area contributed by atoms with E-state index in [9.17, 15) is 4.39 Å². The van der Waals surface area contributed by atoms with Gasteiger partial charge in [0, 0.05) is 6.54 Å². The lowest BCUT2D eigenvalue weighted by molar-refractivity contribution is 0.627. The first kappa shape index (κ1) is 13.8. The lowest BCUT2D eigenvalue weighted by Crippen LogP contribution is -2.06. The van der Waals surface area contributed by atoms with E-state index in [1.165, 1.54) is 17.7 Å². The molecule has 0 amide bonds. The van der Waals surface area contributed by atoms with Crippen molar-refractivity contribution in [3.63, 3.8) is 0 Å². The summed E-state index contributed by atoms with van der Waals surface area (Å²) in [6, 6.07) is 12.7. The molecule has 0 saturated heterocycles. The maximum absolute atomic E-state index is 12.9. The highest BCUT2D eigenvalue weighted by Gasteiger charge is 2.09. The van der Waals surface area contributed by atoms with E-state index in [1.54, 1.807) is 12.1 Å². The fourth-order valence-corrected chi connectivity index (χ4v) is 2.65. The summed E-state index contributed by atoms with van der Waals surface area (Å²) in [5, 5.41) is 6.44. The van der Waals surface area contributed by atoms with Crippen LogP contribution in [0.25, 0.3) is 16.8 Å². The predicted molar refractivity (Wildman–Crippen MR) is 88.2 cm³/mol. The molecule has 0 radical (unpaired) electrons. The lowest BCUT2D eigenvalue weighted by Gasteiger charge is -2.03. The van der Waals surface area contributed by atoms with Gasteiger partial charge in [0.1, 0.15) is 5.82 Å². The Morgan fingerprint density at radius 1 is 1.13 bits per heavy atom. The highest BCUT2D eigenvalue weighted by molar-refractivity contribution is 5.80. The van der Waals surface area contributed by atoms with Gasteiger partial charge in [-0.05, 0) is 48.7 Å². The molecule has 0 spiro atoms. The molecule has 0 fully saturated rings. The van der Waals surface area contributed by atoms with E-state index in [-0.39, 0.29) is 5.82 Å². The van der Waals surface area contributed by atoms with E-state index in [0.29, 0.717) is 18.3 Å². The third-order valence-corrected chi connectivity index (χ3v) is 3.84. The number of nitrogens with one attached hydrogen (secondary N) is 2. The van der Waals surface area contributed by atoms with E-state index < -0.39 is 0 Å². The summed E-state index contributed by atoms with van der Waals surface area (Å²) >= 11 is 0. The van der Waals surface area contributed by atoms with Crippen LogP contribution in [0, 0.1) is 12.7 Å². The van der Waals surface area contributed by atoms with Crippen LogP contribution in [0.3, 0.4) is 0 Å². The van der Waals surface area contributed by atoms with Crippen LogP contribution in [0.5, 0.6) is 0 Å². The maximum Gasteiger partial charge on any atom is 0.253 e. The van der Waals surface area contributed by atoms with E-state index >= 15 is 0 Å². The van der Waals surface area contributed by atoms with Crippen molar-refractivity contribution < 1.29 is 4.39 Å². The fourth-order valence-electron chi connectivity index (χ4n) is 2.65. The number of nitrogens with zero attached hydrogens (tertiary/aromatic N) is 3. The summed E-state index contributed by atoms with van der Waals surface area (Å²) in [5.74, 6) is 1.11. The Hall–Kier alpha value is -2.89. The topological polar surface area (TPSA) is 58.0 Å². The number of hydrogen-bond donors (Lipinski definition) is 2. The summed E-state index contributed by atoms with van der Waals surface area (Å²) in [6.45, 7) is 2.75. The number of benzene rings is 2. The van der Waals surface area contributed by atoms with Crippen molar-refractivity contribution in [3.8, 4) is 0 Å². The molecule has 4 rings (SSSR count). The Kier molecular flexibility index (Phi) is 3.22. The van der Waals surface area contributed by atoms with Gasteiger partial charge in [0.2, 0.25) is 5.95 Å². The Labute approximate surface area is 132 Å². The second-order valence-corrected chi connectivity index (χ2v) is 5.61. The van der Waals surface area contributed by atoms with Gasteiger partial charge in [-0.15, -0.1) is 0 Å². The van der Waals surface area contributed by atoms with Crippen molar-refractivity contribution >= 4 is 22.8 Å². The molecule has 4 aromatic rings. The molecule has 0 aliphatic rings. The van der Waals surface area contributed by atoms with Gasteiger partial charge in [-0.1, -0.05) is 18.2 Å². The SMILES string of the molecule is Cc1ccc2c(c1)nc1nc(NCCc3ccc(F)cc3)[nH]n12. The number of imidazole rings is 1. The number of aryl methyl sites for hydroxylation is 1. The molecule has 2 aromatic carbocycles. The van der Waals surface area contributed by atoms with Gasteiger partial charge in [0.25, 0.3) is 5.78 Å². The number of anilines is 1. The molecule has 2 heterocycles. The van der Waals surface area contributed by atoms with Crippen LogP contribution in [0.4, 0.5) is 10.3 Å². The van der Waals surface area contributed by atoms with Gasteiger partial charge in [0.05, 0.1) is 11.0 Å². The Morgan fingerprint density at radius 2 is 1.96 bits per heavy atom. The zero-order valence-electron chi connectivity index (χ0n) is 12.7. The lowest BCUT2D eigenvalue weighted by atomic mass is 10.1. The summed E-state index contributed by atoms with van der Waals surface area (Å²) in [5.41, 5.74) is 4.19. The van der Waals surface area contributed by atoms with E-state index in [2.05, 4.69) is 26.4 Å². The summed E-state index contributed by atoms with van der Waals surface area (Å²) < 4.78 is 14.7. The molecule has 2 N–H and O–H groups in total. The molecule has 0 aliphatic heterocycles. The minimum atomic E-state index is -0.212.